The summed E-state index contributed by atoms with van der Waals surface area (Å²) in [6, 6.07) is 11.6. The summed E-state index contributed by atoms with van der Waals surface area (Å²) in [5.41, 5.74) is 6.04. The van der Waals surface area contributed by atoms with E-state index < -0.39 is 17.2 Å². The van der Waals surface area contributed by atoms with E-state index in [1.165, 1.54) is 15.9 Å². The van der Waals surface area contributed by atoms with Gasteiger partial charge >= 0.3 is 6.03 Å². The molecule has 0 fully saturated rings. The van der Waals surface area contributed by atoms with Crippen molar-refractivity contribution in [1.82, 2.24) is 14.9 Å². The predicted molar refractivity (Wildman–Crippen MR) is 116 cm³/mol. The first-order valence-corrected chi connectivity index (χ1v) is 10.6. The lowest BCUT2D eigenvalue weighted by Crippen LogP contribution is -2.39. The SMILES string of the molecule is C[C@@H](Sc1nc2scc(-c3ccco3)c2c(=O)n1-c1ccccc1)C(=O)NC(N)=O. The molecule has 3 heterocycles. The third-order valence-electron chi connectivity index (χ3n) is 4.28. The van der Waals surface area contributed by atoms with Gasteiger partial charge in [-0.05, 0) is 31.2 Å². The summed E-state index contributed by atoms with van der Waals surface area (Å²) in [5.74, 6) is 0.0123. The summed E-state index contributed by atoms with van der Waals surface area (Å²) in [5, 5.41) is 3.94. The second kappa shape index (κ2) is 8.17. The number of furan rings is 1. The highest BCUT2D eigenvalue weighted by atomic mass is 32.2. The molecule has 10 heteroatoms. The van der Waals surface area contributed by atoms with Crippen LogP contribution in [0.3, 0.4) is 0 Å². The van der Waals surface area contributed by atoms with Crippen molar-refractivity contribution in [3.63, 3.8) is 0 Å². The van der Waals surface area contributed by atoms with Crippen LogP contribution in [-0.4, -0.2) is 26.7 Å². The second-order valence-electron chi connectivity index (χ2n) is 6.29. The number of para-hydroxylation sites is 1. The van der Waals surface area contributed by atoms with Crippen molar-refractivity contribution in [1.29, 1.82) is 0 Å². The summed E-state index contributed by atoms with van der Waals surface area (Å²) < 4.78 is 6.94. The van der Waals surface area contributed by atoms with E-state index in [1.807, 2.05) is 23.6 Å². The quantitative estimate of drug-likeness (QED) is 0.363. The predicted octanol–water partition coefficient (Wildman–Crippen LogP) is 3.38. The van der Waals surface area contributed by atoms with Gasteiger partial charge < -0.3 is 10.2 Å². The highest BCUT2D eigenvalue weighted by Crippen LogP contribution is 2.33. The van der Waals surface area contributed by atoms with Crippen LogP contribution in [0.5, 0.6) is 0 Å². The molecule has 0 spiro atoms. The van der Waals surface area contributed by atoms with E-state index in [4.69, 9.17) is 10.2 Å². The molecule has 1 atom stereocenters. The van der Waals surface area contributed by atoms with E-state index in [2.05, 4.69) is 10.3 Å². The Bertz CT molecular complexity index is 1280. The number of hydrogen-bond donors (Lipinski definition) is 2. The largest absolute Gasteiger partial charge is 0.464 e. The molecule has 3 aromatic heterocycles. The number of nitrogens with one attached hydrogen (secondary N) is 1. The standard InChI is InChI=1S/C20H16N4O4S2/c1-11(16(25)22-19(21)27)30-20-23-17-15(13(10-29-17)14-8-5-9-28-14)18(26)24(20)12-6-3-2-4-7-12/h2-11H,1H3,(H3,21,22,25,27)/t11-/m1/s1. The van der Waals surface area contributed by atoms with E-state index in [0.717, 1.165) is 11.8 Å². The highest BCUT2D eigenvalue weighted by molar-refractivity contribution is 8.00. The van der Waals surface area contributed by atoms with E-state index in [0.29, 0.717) is 32.4 Å². The van der Waals surface area contributed by atoms with Crippen LogP contribution in [-0.2, 0) is 4.79 Å². The van der Waals surface area contributed by atoms with E-state index in [9.17, 15) is 14.4 Å². The van der Waals surface area contributed by atoms with Crippen molar-refractivity contribution in [2.75, 3.05) is 0 Å². The lowest BCUT2D eigenvalue weighted by Gasteiger charge is -2.15. The number of aromatic nitrogens is 2. The van der Waals surface area contributed by atoms with E-state index in [1.54, 1.807) is 37.5 Å². The third-order valence-corrected chi connectivity index (χ3v) is 6.20. The first kappa shape index (κ1) is 19.9. The normalized spacial score (nSPS) is 12.0. The molecule has 3 amide bonds. The molecule has 4 rings (SSSR count). The van der Waals surface area contributed by atoms with Crippen LogP contribution in [0.4, 0.5) is 4.79 Å². The maximum Gasteiger partial charge on any atom is 0.318 e. The number of imide groups is 1. The van der Waals surface area contributed by atoms with Crippen molar-refractivity contribution in [3.05, 3.63) is 64.5 Å². The third kappa shape index (κ3) is 3.74. The number of rotatable bonds is 5. The summed E-state index contributed by atoms with van der Waals surface area (Å²) in [6.45, 7) is 1.61. The molecule has 1 aromatic carbocycles. The number of hydrogen-bond acceptors (Lipinski definition) is 7. The summed E-state index contributed by atoms with van der Waals surface area (Å²) in [6.07, 6.45) is 1.55. The van der Waals surface area contributed by atoms with Crippen LogP contribution in [0, 0.1) is 0 Å². The molecule has 0 aliphatic rings. The van der Waals surface area contributed by atoms with Gasteiger partial charge in [0.25, 0.3) is 5.56 Å². The second-order valence-corrected chi connectivity index (χ2v) is 8.46. The summed E-state index contributed by atoms with van der Waals surface area (Å²) in [4.78, 5) is 41.9. The molecule has 8 nitrogen and oxygen atoms in total. The number of benzene rings is 1. The Morgan fingerprint density at radius 3 is 2.67 bits per heavy atom. The smallest absolute Gasteiger partial charge is 0.318 e. The van der Waals surface area contributed by atoms with Gasteiger partial charge in [0.2, 0.25) is 5.91 Å². The molecule has 0 aliphatic heterocycles. The van der Waals surface area contributed by atoms with Crippen molar-refractivity contribution >= 4 is 45.3 Å². The minimum atomic E-state index is -0.933. The molecule has 3 N–H and O–H groups in total. The van der Waals surface area contributed by atoms with Crippen LogP contribution in [0.1, 0.15) is 6.92 Å². The maximum absolute atomic E-state index is 13.6. The number of carbonyl (C=O) groups excluding carboxylic acids is 2. The Kier molecular flexibility index (Phi) is 5.42. The molecule has 0 unspecified atom stereocenters. The summed E-state index contributed by atoms with van der Waals surface area (Å²) >= 11 is 2.38. The Balaban J connectivity index is 1.89. The number of fused-ring (bicyclic) bond motifs is 1. The van der Waals surface area contributed by atoms with Crippen molar-refractivity contribution in [2.45, 2.75) is 17.3 Å². The molecule has 0 saturated carbocycles. The van der Waals surface area contributed by atoms with Crippen LogP contribution >= 0.6 is 23.1 Å². The number of urea groups is 1. The minimum Gasteiger partial charge on any atom is -0.464 e. The van der Waals surface area contributed by atoms with Gasteiger partial charge in [-0.15, -0.1) is 11.3 Å². The fourth-order valence-corrected chi connectivity index (χ4v) is 4.80. The number of thioether (sulfide) groups is 1. The molecule has 4 aromatic rings. The van der Waals surface area contributed by atoms with Crippen LogP contribution < -0.4 is 16.6 Å². The zero-order valence-corrected chi connectivity index (χ0v) is 17.3. The summed E-state index contributed by atoms with van der Waals surface area (Å²) in [7, 11) is 0. The van der Waals surface area contributed by atoms with Crippen molar-refractivity contribution < 1.29 is 14.0 Å². The lowest BCUT2D eigenvalue weighted by molar-refractivity contribution is -0.119. The van der Waals surface area contributed by atoms with Gasteiger partial charge in [-0.3, -0.25) is 19.5 Å². The topological polar surface area (TPSA) is 120 Å². The lowest BCUT2D eigenvalue weighted by atomic mass is 10.2. The van der Waals surface area contributed by atoms with Gasteiger partial charge in [-0.25, -0.2) is 9.78 Å². The zero-order valence-electron chi connectivity index (χ0n) is 15.7. The van der Waals surface area contributed by atoms with Crippen molar-refractivity contribution in [2.24, 2.45) is 5.73 Å². The monoisotopic (exact) mass is 440 g/mol. The number of amides is 3. The fraction of sp³-hybridized carbons (Fsp3) is 0.100. The molecular formula is C20H16N4O4S2. The average molecular weight is 441 g/mol. The van der Waals surface area contributed by atoms with Gasteiger partial charge in [0, 0.05) is 10.9 Å². The number of primary amides is 1. The van der Waals surface area contributed by atoms with Crippen LogP contribution in [0.25, 0.3) is 27.2 Å². The van der Waals surface area contributed by atoms with Gasteiger partial charge in [-0.1, -0.05) is 30.0 Å². The fourth-order valence-electron chi connectivity index (χ4n) is 2.90. The Morgan fingerprint density at radius 2 is 2.00 bits per heavy atom. The molecule has 0 aliphatic carbocycles. The van der Waals surface area contributed by atoms with Gasteiger partial charge in [0.05, 0.1) is 22.6 Å². The van der Waals surface area contributed by atoms with E-state index >= 15 is 0 Å². The minimum absolute atomic E-state index is 0.274. The number of nitrogens with two attached hydrogens (primary N) is 1. The first-order chi connectivity index (χ1) is 14.5. The molecule has 30 heavy (non-hydrogen) atoms. The van der Waals surface area contributed by atoms with Gasteiger partial charge in [-0.2, -0.15) is 0 Å². The Labute approximate surface area is 178 Å². The average Bonchev–Trinajstić information content (AvgIpc) is 3.38. The van der Waals surface area contributed by atoms with Gasteiger partial charge in [0.1, 0.15) is 10.6 Å². The van der Waals surface area contributed by atoms with Crippen molar-refractivity contribution in [3.8, 4) is 17.0 Å². The molecule has 0 radical (unpaired) electrons. The highest BCUT2D eigenvalue weighted by Gasteiger charge is 2.23. The van der Waals surface area contributed by atoms with Gasteiger partial charge in [0.15, 0.2) is 5.16 Å². The Morgan fingerprint density at radius 1 is 1.23 bits per heavy atom. The van der Waals surface area contributed by atoms with Crippen LogP contribution in [0.2, 0.25) is 0 Å². The Hall–Kier alpha value is -3.37. The maximum atomic E-state index is 13.6. The number of thiophene rings is 1. The molecule has 152 valence electrons. The van der Waals surface area contributed by atoms with Crippen LogP contribution in [0.15, 0.2) is 68.5 Å². The number of nitrogens with zero attached hydrogens (tertiary/aromatic N) is 2. The molecule has 0 bridgehead atoms. The first-order valence-electron chi connectivity index (χ1n) is 8.86. The van der Waals surface area contributed by atoms with E-state index in [-0.39, 0.29) is 5.56 Å². The molecular weight excluding hydrogens is 424 g/mol. The number of carbonyl (C=O) groups is 2. The molecule has 0 saturated heterocycles. The zero-order chi connectivity index (χ0) is 21.3.